The first-order chi connectivity index (χ1) is 11.9. The van der Waals surface area contributed by atoms with Gasteiger partial charge in [-0.25, -0.2) is 4.39 Å². The first kappa shape index (κ1) is 17.0. The molecule has 0 aliphatic carbocycles. The van der Waals surface area contributed by atoms with E-state index in [0.717, 1.165) is 6.54 Å². The number of hydrogen-bond donors (Lipinski definition) is 3. The standard InChI is InChI=1S/C19H21FN4O/c1-4-5-13(21)11-10-15(22-8-9-24(2)3)17-12(20)6-7-14-18(17)16(11)19(25)23-14/h4-7,10,22H,1,8-9,21H2,2-3H3,(H,23,25)/b13-5-. The van der Waals surface area contributed by atoms with E-state index in [1.165, 1.54) is 6.07 Å². The number of nitrogens with zero attached hydrogens (tertiary/aromatic N) is 1. The average Bonchev–Trinajstić information content (AvgIpc) is 2.88. The second kappa shape index (κ2) is 6.57. The van der Waals surface area contributed by atoms with Crippen LogP contribution in [0.3, 0.4) is 0 Å². The molecule has 0 aromatic heterocycles. The van der Waals surface area contributed by atoms with Crippen LogP contribution in [-0.2, 0) is 0 Å². The number of carbonyl (C=O) groups excluding carboxylic acids is 1. The highest BCUT2D eigenvalue weighted by Crippen LogP contribution is 2.41. The van der Waals surface area contributed by atoms with Crippen molar-refractivity contribution in [3.05, 3.63) is 53.9 Å². The summed E-state index contributed by atoms with van der Waals surface area (Å²) in [5.74, 6) is -0.650. The highest BCUT2D eigenvalue weighted by Gasteiger charge is 2.28. The summed E-state index contributed by atoms with van der Waals surface area (Å²) in [4.78, 5) is 14.5. The number of amides is 1. The summed E-state index contributed by atoms with van der Waals surface area (Å²) < 4.78 is 14.6. The summed E-state index contributed by atoms with van der Waals surface area (Å²) in [6, 6.07) is 4.68. The Balaban J connectivity index is 2.25. The molecule has 2 aromatic rings. The van der Waals surface area contributed by atoms with Gasteiger partial charge in [0.05, 0.1) is 5.56 Å². The van der Waals surface area contributed by atoms with Crippen molar-refractivity contribution in [1.29, 1.82) is 0 Å². The van der Waals surface area contributed by atoms with Crippen LogP contribution in [-0.4, -0.2) is 38.0 Å². The second-order valence-corrected chi connectivity index (χ2v) is 6.23. The number of rotatable bonds is 6. The number of hydrogen-bond acceptors (Lipinski definition) is 4. The van der Waals surface area contributed by atoms with Gasteiger partial charge in [0, 0.05) is 46.5 Å². The van der Waals surface area contributed by atoms with Crippen LogP contribution in [0.1, 0.15) is 15.9 Å². The van der Waals surface area contributed by atoms with Crippen LogP contribution in [0.2, 0.25) is 0 Å². The van der Waals surface area contributed by atoms with Crippen molar-refractivity contribution in [1.82, 2.24) is 4.90 Å². The third-order valence-corrected chi connectivity index (χ3v) is 4.19. The highest BCUT2D eigenvalue weighted by atomic mass is 19.1. The van der Waals surface area contributed by atoms with Crippen LogP contribution in [0, 0.1) is 5.82 Å². The Kier molecular flexibility index (Phi) is 4.46. The Morgan fingerprint density at radius 3 is 2.84 bits per heavy atom. The molecule has 1 aliphatic heterocycles. The zero-order valence-corrected chi connectivity index (χ0v) is 14.3. The predicted molar refractivity (Wildman–Crippen MR) is 101 cm³/mol. The molecule has 4 N–H and O–H groups in total. The van der Waals surface area contributed by atoms with Gasteiger partial charge in [-0.2, -0.15) is 0 Å². The van der Waals surface area contributed by atoms with Crippen LogP contribution in [0.15, 0.2) is 36.9 Å². The average molecular weight is 340 g/mol. The lowest BCUT2D eigenvalue weighted by Gasteiger charge is -2.16. The van der Waals surface area contributed by atoms with E-state index in [-0.39, 0.29) is 11.7 Å². The van der Waals surface area contributed by atoms with Crippen molar-refractivity contribution < 1.29 is 9.18 Å². The lowest BCUT2D eigenvalue weighted by atomic mass is 9.95. The molecule has 0 unspecified atom stereocenters. The van der Waals surface area contributed by atoms with E-state index in [1.807, 2.05) is 19.0 Å². The van der Waals surface area contributed by atoms with E-state index in [0.29, 0.717) is 45.5 Å². The quantitative estimate of drug-likeness (QED) is 0.707. The number of anilines is 2. The third kappa shape index (κ3) is 2.96. The number of nitrogens with one attached hydrogen (secondary N) is 2. The molecule has 3 rings (SSSR count). The van der Waals surface area contributed by atoms with Gasteiger partial charge in [0.15, 0.2) is 0 Å². The maximum absolute atomic E-state index is 14.6. The van der Waals surface area contributed by atoms with E-state index >= 15 is 0 Å². The van der Waals surface area contributed by atoms with Crippen LogP contribution in [0.25, 0.3) is 16.5 Å². The fourth-order valence-corrected chi connectivity index (χ4v) is 3.05. The summed E-state index contributed by atoms with van der Waals surface area (Å²) in [6.45, 7) is 5.07. The SMILES string of the molecule is C=C/C=C(\N)c1cc(NCCN(C)C)c2c(F)ccc3c2c1C(=O)N3. The first-order valence-corrected chi connectivity index (χ1v) is 8.01. The summed E-state index contributed by atoms with van der Waals surface area (Å²) in [7, 11) is 3.93. The van der Waals surface area contributed by atoms with Crippen molar-refractivity contribution in [2.45, 2.75) is 0 Å². The molecule has 0 saturated carbocycles. The number of allylic oxidation sites excluding steroid dienone is 2. The lowest BCUT2D eigenvalue weighted by Crippen LogP contribution is -2.21. The zero-order valence-electron chi connectivity index (χ0n) is 14.3. The molecule has 0 bridgehead atoms. The van der Waals surface area contributed by atoms with Gasteiger partial charge in [0.1, 0.15) is 5.82 Å². The minimum Gasteiger partial charge on any atom is -0.398 e. The van der Waals surface area contributed by atoms with Gasteiger partial charge in [-0.15, -0.1) is 0 Å². The normalized spacial score (nSPS) is 13.4. The summed E-state index contributed by atoms with van der Waals surface area (Å²) >= 11 is 0. The lowest BCUT2D eigenvalue weighted by molar-refractivity contribution is 0.103. The topological polar surface area (TPSA) is 70.4 Å². The molecule has 5 nitrogen and oxygen atoms in total. The Morgan fingerprint density at radius 1 is 1.40 bits per heavy atom. The molecule has 1 amide bonds. The molecule has 0 spiro atoms. The number of likely N-dealkylation sites (N-methyl/N-ethyl adjacent to an activating group) is 1. The maximum Gasteiger partial charge on any atom is 0.257 e. The number of halogens is 1. The fourth-order valence-electron chi connectivity index (χ4n) is 3.05. The Morgan fingerprint density at radius 2 is 2.16 bits per heavy atom. The molecule has 6 heteroatoms. The second-order valence-electron chi connectivity index (χ2n) is 6.23. The molecule has 1 heterocycles. The van der Waals surface area contributed by atoms with Gasteiger partial charge in [0.25, 0.3) is 5.91 Å². The van der Waals surface area contributed by atoms with Gasteiger partial charge in [-0.1, -0.05) is 12.7 Å². The molecule has 130 valence electrons. The molecular weight excluding hydrogens is 319 g/mol. The molecule has 0 saturated heterocycles. The minimum atomic E-state index is -0.373. The number of carbonyl (C=O) groups is 1. The van der Waals surface area contributed by atoms with Crippen molar-refractivity contribution in [3.8, 4) is 0 Å². The van der Waals surface area contributed by atoms with E-state index in [2.05, 4.69) is 17.2 Å². The summed E-state index contributed by atoms with van der Waals surface area (Å²) in [5.41, 5.74) is 8.72. The smallest absolute Gasteiger partial charge is 0.257 e. The minimum absolute atomic E-state index is 0.277. The maximum atomic E-state index is 14.6. The summed E-state index contributed by atoms with van der Waals surface area (Å²) in [6.07, 6.45) is 3.19. The third-order valence-electron chi connectivity index (χ3n) is 4.19. The molecule has 25 heavy (non-hydrogen) atoms. The fraction of sp³-hybridized carbons (Fsp3) is 0.211. The van der Waals surface area contributed by atoms with Crippen LogP contribution in [0.5, 0.6) is 0 Å². The van der Waals surface area contributed by atoms with Crippen LogP contribution >= 0.6 is 0 Å². The largest absolute Gasteiger partial charge is 0.398 e. The number of benzene rings is 2. The van der Waals surface area contributed by atoms with E-state index in [4.69, 9.17) is 5.73 Å². The molecule has 0 radical (unpaired) electrons. The predicted octanol–water partition coefficient (Wildman–Crippen LogP) is 3.00. The van der Waals surface area contributed by atoms with E-state index < -0.39 is 0 Å². The van der Waals surface area contributed by atoms with Gasteiger partial charge in [0.2, 0.25) is 0 Å². The molecule has 0 atom stereocenters. The zero-order chi connectivity index (χ0) is 18.1. The molecule has 2 aromatic carbocycles. The van der Waals surface area contributed by atoms with Crippen molar-refractivity contribution in [2.24, 2.45) is 5.73 Å². The van der Waals surface area contributed by atoms with Crippen molar-refractivity contribution in [3.63, 3.8) is 0 Å². The van der Waals surface area contributed by atoms with Crippen LogP contribution < -0.4 is 16.4 Å². The van der Waals surface area contributed by atoms with E-state index in [1.54, 1.807) is 24.3 Å². The van der Waals surface area contributed by atoms with Gasteiger partial charge in [-0.3, -0.25) is 4.79 Å². The molecule has 1 aliphatic rings. The van der Waals surface area contributed by atoms with Gasteiger partial charge >= 0.3 is 0 Å². The monoisotopic (exact) mass is 340 g/mol. The Bertz CT molecular complexity index is 902. The summed E-state index contributed by atoms with van der Waals surface area (Å²) in [5, 5.41) is 7.02. The van der Waals surface area contributed by atoms with Crippen molar-refractivity contribution in [2.75, 3.05) is 37.8 Å². The van der Waals surface area contributed by atoms with E-state index in [9.17, 15) is 9.18 Å². The Labute approximate surface area is 146 Å². The van der Waals surface area contributed by atoms with Crippen molar-refractivity contribution >= 4 is 33.8 Å². The Hall–Kier alpha value is -2.86. The number of nitrogens with two attached hydrogens (primary N) is 1. The molecule has 0 fully saturated rings. The van der Waals surface area contributed by atoms with Gasteiger partial charge < -0.3 is 21.3 Å². The highest BCUT2D eigenvalue weighted by molar-refractivity contribution is 6.27. The van der Waals surface area contributed by atoms with Crippen LogP contribution in [0.4, 0.5) is 15.8 Å². The van der Waals surface area contributed by atoms with Gasteiger partial charge in [-0.05, 0) is 38.4 Å². The first-order valence-electron chi connectivity index (χ1n) is 8.01. The molecular formula is C19H21FN4O.